The van der Waals surface area contributed by atoms with Crippen LogP contribution in [-0.2, 0) is 14.2 Å². The molecule has 1 fully saturated rings. The summed E-state index contributed by atoms with van der Waals surface area (Å²) in [7, 11) is 0. The van der Waals surface area contributed by atoms with Crippen LogP contribution < -0.4 is 16.0 Å². The Morgan fingerprint density at radius 2 is 2.07 bits per heavy atom. The summed E-state index contributed by atoms with van der Waals surface area (Å²) in [4.78, 5) is 16.4. The fourth-order valence-corrected chi connectivity index (χ4v) is 2.98. The lowest BCUT2D eigenvalue weighted by Crippen LogP contribution is -2.42. The second kappa shape index (κ2) is 18.0. The molecule has 9 heteroatoms. The molecule has 0 bridgehead atoms. The van der Waals surface area contributed by atoms with Crippen LogP contribution in [0, 0.1) is 11.8 Å². The van der Waals surface area contributed by atoms with Crippen LogP contribution in [-0.4, -0.2) is 70.8 Å². The van der Waals surface area contributed by atoms with E-state index in [1.165, 1.54) is 0 Å². The number of hydrogen-bond donors (Lipinski definition) is 3. The molecule has 2 atom stereocenters. The molecule has 0 aliphatic carbocycles. The van der Waals surface area contributed by atoms with E-state index in [4.69, 9.17) is 14.2 Å². The monoisotopic (exact) mass is 528 g/mol. The van der Waals surface area contributed by atoms with E-state index >= 15 is 0 Å². The van der Waals surface area contributed by atoms with Crippen LogP contribution in [0.3, 0.4) is 0 Å². The number of carbonyl (C=O) groups excluding carboxylic acids is 1. The molecule has 0 saturated carbocycles. The number of carbonyl (C=O) groups is 1. The third-order valence-corrected chi connectivity index (χ3v) is 4.30. The summed E-state index contributed by atoms with van der Waals surface area (Å²) in [5.74, 6) is 1.77. The Bertz CT molecular complexity index is 446. The van der Waals surface area contributed by atoms with Crippen molar-refractivity contribution < 1.29 is 19.0 Å². The summed E-state index contributed by atoms with van der Waals surface area (Å²) in [5, 5.41) is 9.47. The Morgan fingerprint density at radius 1 is 1.28 bits per heavy atom. The smallest absolute Gasteiger partial charge is 0.407 e. The van der Waals surface area contributed by atoms with Gasteiger partial charge in [0.1, 0.15) is 0 Å². The van der Waals surface area contributed by atoms with Gasteiger partial charge in [0.2, 0.25) is 0 Å². The summed E-state index contributed by atoms with van der Waals surface area (Å²) in [6, 6.07) is -0.0496. The minimum atomic E-state index is -0.383. The van der Waals surface area contributed by atoms with Crippen LogP contribution in [0.5, 0.6) is 0 Å². The van der Waals surface area contributed by atoms with E-state index in [-0.39, 0.29) is 36.1 Å². The lowest BCUT2D eigenvalue weighted by atomic mass is 10.0. The van der Waals surface area contributed by atoms with E-state index in [1.807, 2.05) is 6.92 Å². The second-order valence-electron chi connectivity index (χ2n) is 7.50. The normalized spacial score (nSPS) is 17.6. The number of ether oxygens (including phenoxy) is 3. The Balaban J connectivity index is 0.00000784. The predicted octanol–water partition coefficient (Wildman–Crippen LogP) is 2.76. The van der Waals surface area contributed by atoms with Gasteiger partial charge in [-0.15, -0.1) is 24.0 Å². The first kappa shape index (κ1) is 28.2. The Labute approximate surface area is 193 Å². The molecule has 172 valence electrons. The number of aliphatic imine (C=N–C) groups is 1. The Hall–Kier alpha value is -0.810. The molecule has 0 spiro atoms. The summed E-state index contributed by atoms with van der Waals surface area (Å²) < 4.78 is 16.1. The zero-order valence-corrected chi connectivity index (χ0v) is 20.8. The van der Waals surface area contributed by atoms with E-state index in [0.717, 1.165) is 64.7 Å². The first-order chi connectivity index (χ1) is 13.5. The second-order valence-corrected chi connectivity index (χ2v) is 7.50. The maximum atomic E-state index is 11.7. The number of amides is 1. The third-order valence-electron chi connectivity index (χ3n) is 4.30. The SMILES string of the molecule is CCNC(=NCC(CC(C)C)NC(=O)OCC)NCCCOCC1CCOC1.I. The average Bonchev–Trinajstić information content (AvgIpc) is 3.15. The molecule has 3 N–H and O–H groups in total. The molecule has 1 amide bonds. The van der Waals surface area contributed by atoms with Crippen molar-refractivity contribution in [1.29, 1.82) is 0 Å². The summed E-state index contributed by atoms with van der Waals surface area (Å²) >= 11 is 0. The van der Waals surface area contributed by atoms with Gasteiger partial charge in [-0.25, -0.2) is 4.79 Å². The molecule has 1 aliphatic heterocycles. The lowest BCUT2D eigenvalue weighted by molar-refractivity contribution is 0.0888. The Kier molecular flexibility index (Phi) is 17.5. The number of nitrogens with zero attached hydrogens (tertiary/aromatic N) is 1. The van der Waals surface area contributed by atoms with Crippen molar-refractivity contribution in [2.24, 2.45) is 16.8 Å². The minimum Gasteiger partial charge on any atom is -0.450 e. The van der Waals surface area contributed by atoms with Crippen LogP contribution in [0.2, 0.25) is 0 Å². The molecular formula is C20H41IN4O4. The fraction of sp³-hybridized carbons (Fsp3) is 0.900. The van der Waals surface area contributed by atoms with E-state index < -0.39 is 0 Å². The van der Waals surface area contributed by atoms with E-state index in [2.05, 4.69) is 34.8 Å². The molecule has 29 heavy (non-hydrogen) atoms. The number of halogens is 1. The van der Waals surface area contributed by atoms with E-state index in [1.54, 1.807) is 6.92 Å². The molecule has 1 rings (SSSR count). The molecule has 0 aromatic carbocycles. The van der Waals surface area contributed by atoms with Gasteiger partial charge in [-0.05, 0) is 39.0 Å². The standard InChI is InChI=1S/C20H40N4O4.HI/c1-5-21-19(22-9-7-10-26-14-17-8-11-27-15-17)23-13-18(12-16(3)4)24-20(25)28-6-2;/h16-18H,5-15H2,1-4H3,(H,24,25)(H2,21,22,23);1H. The maximum absolute atomic E-state index is 11.7. The number of guanidine groups is 1. The van der Waals surface area contributed by atoms with Gasteiger partial charge < -0.3 is 30.2 Å². The third kappa shape index (κ3) is 14.8. The van der Waals surface area contributed by atoms with Crippen molar-refractivity contribution in [2.75, 3.05) is 52.7 Å². The molecule has 1 aliphatic rings. The quantitative estimate of drug-likeness (QED) is 0.147. The van der Waals surface area contributed by atoms with Crippen molar-refractivity contribution in [3.8, 4) is 0 Å². The number of rotatable bonds is 13. The predicted molar refractivity (Wildman–Crippen MR) is 127 cm³/mol. The first-order valence-corrected chi connectivity index (χ1v) is 10.7. The largest absolute Gasteiger partial charge is 0.450 e. The molecular weight excluding hydrogens is 487 g/mol. The van der Waals surface area contributed by atoms with Gasteiger partial charge in [-0.2, -0.15) is 0 Å². The van der Waals surface area contributed by atoms with Crippen molar-refractivity contribution in [2.45, 2.75) is 53.0 Å². The Morgan fingerprint density at radius 3 is 2.69 bits per heavy atom. The van der Waals surface area contributed by atoms with Crippen LogP contribution in [0.25, 0.3) is 0 Å². The molecule has 0 aromatic heterocycles. The van der Waals surface area contributed by atoms with Crippen molar-refractivity contribution in [3.05, 3.63) is 0 Å². The van der Waals surface area contributed by atoms with Gasteiger partial charge in [0.05, 0.1) is 32.4 Å². The molecule has 1 heterocycles. The van der Waals surface area contributed by atoms with Crippen molar-refractivity contribution in [1.82, 2.24) is 16.0 Å². The molecule has 1 saturated heterocycles. The summed E-state index contributed by atoms with van der Waals surface area (Å²) in [5.41, 5.74) is 0. The number of nitrogens with one attached hydrogen (secondary N) is 3. The number of hydrogen-bond acceptors (Lipinski definition) is 5. The van der Waals surface area contributed by atoms with Gasteiger partial charge in [0.25, 0.3) is 0 Å². The van der Waals surface area contributed by atoms with E-state index in [9.17, 15) is 4.79 Å². The zero-order valence-electron chi connectivity index (χ0n) is 18.5. The van der Waals surface area contributed by atoms with Crippen LogP contribution in [0.15, 0.2) is 4.99 Å². The van der Waals surface area contributed by atoms with Crippen molar-refractivity contribution in [3.63, 3.8) is 0 Å². The van der Waals surface area contributed by atoms with Crippen LogP contribution >= 0.6 is 24.0 Å². The van der Waals surface area contributed by atoms with Gasteiger partial charge >= 0.3 is 6.09 Å². The minimum absolute atomic E-state index is 0. The topological polar surface area (TPSA) is 93.2 Å². The van der Waals surface area contributed by atoms with Crippen LogP contribution in [0.1, 0.15) is 47.0 Å². The molecule has 2 unspecified atom stereocenters. The summed E-state index contributed by atoms with van der Waals surface area (Å²) in [6.07, 6.45) is 2.48. The highest BCUT2D eigenvalue weighted by molar-refractivity contribution is 14.0. The highest BCUT2D eigenvalue weighted by atomic mass is 127. The highest BCUT2D eigenvalue weighted by Crippen LogP contribution is 2.12. The maximum Gasteiger partial charge on any atom is 0.407 e. The molecule has 8 nitrogen and oxygen atoms in total. The summed E-state index contributed by atoms with van der Waals surface area (Å²) in [6.45, 7) is 13.7. The molecule has 0 radical (unpaired) electrons. The lowest BCUT2D eigenvalue weighted by Gasteiger charge is -2.19. The van der Waals surface area contributed by atoms with E-state index in [0.29, 0.717) is 25.0 Å². The number of alkyl carbamates (subject to hydrolysis) is 1. The first-order valence-electron chi connectivity index (χ1n) is 10.7. The fourth-order valence-electron chi connectivity index (χ4n) is 2.98. The average molecular weight is 528 g/mol. The molecule has 0 aromatic rings. The highest BCUT2D eigenvalue weighted by Gasteiger charge is 2.16. The van der Waals surface area contributed by atoms with Gasteiger partial charge in [0.15, 0.2) is 5.96 Å². The van der Waals surface area contributed by atoms with Gasteiger partial charge in [-0.3, -0.25) is 4.99 Å². The van der Waals surface area contributed by atoms with Gasteiger partial charge in [-0.1, -0.05) is 13.8 Å². The van der Waals surface area contributed by atoms with Gasteiger partial charge in [0, 0.05) is 32.2 Å². The van der Waals surface area contributed by atoms with Crippen LogP contribution in [0.4, 0.5) is 4.79 Å². The zero-order chi connectivity index (χ0) is 20.6. The van der Waals surface area contributed by atoms with Crippen molar-refractivity contribution >= 4 is 36.0 Å².